The average molecular weight is 468 g/mol. The van der Waals surface area contributed by atoms with E-state index in [0.717, 1.165) is 23.0 Å². The number of ether oxygens (including phenoxy) is 1. The van der Waals surface area contributed by atoms with Gasteiger partial charge in [-0.25, -0.2) is 4.79 Å². The Hall–Kier alpha value is -2.82. The minimum absolute atomic E-state index is 0.305. The third-order valence-electron chi connectivity index (χ3n) is 6.38. The first-order chi connectivity index (χ1) is 15.9. The molecule has 4 atom stereocenters. The number of hydrogen-bond acceptors (Lipinski definition) is 6. The lowest BCUT2D eigenvalue weighted by atomic mass is 10.0. The lowest BCUT2D eigenvalue weighted by Gasteiger charge is -2.18. The van der Waals surface area contributed by atoms with Gasteiger partial charge in [0, 0.05) is 46.5 Å². The first-order valence-electron chi connectivity index (χ1n) is 10.9. The summed E-state index contributed by atoms with van der Waals surface area (Å²) in [5, 5.41) is 32.1. The van der Waals surface area contributed by atoms with E-state index in [1.54, 1.807) is 6.20 Å². The number of aryl methyl sites for hydroxylation is 1. The van der Waals surface area contributed by atoms with Crippen molar-refractivity contribution in [3.63, 3.8) is 0 Å². The van der Waals surface area contributed by atoms with Gasteiger partial charge in [0.2, 0.25) is 0 Å². The number of hydrogen-bond donors (Lipinski definition) is 4. The maximum absolute atomic E-state index is 12.5. The van der Waals surface area contributed by atoms with E-state index in [4.69, 9.17) is 17.0 Å². The van der Waals surface area contributed by atoms with Crippen molar-refractivity contribution in [2.24, 2.45) is 0 Å². The monoisotopic (exact) mass is 467 g/mol. The van der Waals surface area contributed by atoms with Crippen LogP contribution in [0.4, 0.5) is 0 Å². The van der Waals surface area contributed by atoms with Gasteiger partial charge in [0.1, 0.15) is 23.0 Å². The molecule has 5 rings (SSSR count). The van der Waals surface area contributed by atoms with E-state index in [9.17, 15) is 20.1 Å². The molecule has 9 heteroatoms. The Balaban J connectivity index is 1.55. The van der Waals surface area contributed by atoms with Crippen molar-refractivity contribution in [2.75, 3.05) is 6.61 Å². The van der Waals surface area contributed by atoms with E-state index < -0.39 is 36.8 Å². The van der Waals surface area contributed by atoms with Gasteiger partial charge in [-0.05, 0) is 30.7 Å². The molecule has 1 aliphatic heterocycles. The highest BCUT2D eigenvalue weighted by molar-refractivity contribution is 7.71. The van der Waals surface area contributed by atoms with Gasteiger partial charge in [-0.15, -0.1) is 0 Å². The van der Waals surface area contributed by atoms with Crippen LogP contribution in [0, 0.1) is 4.64 Å². The second-order valence-electron chi connectivity index (χ2n) is 8.34. The Morgan fingerprint density at radius 3 is 2.58 bits per heavy atom. The van der Waals surface area contributed by atoms with Crippen molar-refractivity contribution in [3.05, 3.63) is 74.9 Å². The highest BCUT2D eigenvalue weighted by Gasteiger charge is 2.43. The molecular formula is C24H25N3O5S. The van der Waals surface area contributed by atoms with Gasteiger partial charge >= 0.3 is 5.69 Å². The van der Waals surface area contributed by atoms with Gasteiger partial charge < -0.3 is 24.6 Å². The average Bonchev–Trinajstić information content (AvgIpc) is 3.29. The molecular weight excluding hydrogens is 442 g/mol. The number of nitrogens with zero attached hydrogens (tertiary/aromatic N) is 2. The Bertz CT molecular complexity index is 1460. The molecule has 0 aliphatic carbocycles. The van der Waals surface area contributed by atoms with Crippen LogP contribution in [-0.4, -0.2) is 54.4 Å². The molecule has 1 fully saturated rings. The van der Waals surface area contributed by atoms with E-state index in [-0.39, 0.29) is 0 Å². The fourth-order valence-electron chi connectivity index (χ4n) is 4.72. The van der Waals surface area contributed by atoms with Crippen LogP contribution >= 0.6 is 12.2 Å². The molecule has 33 heavy (non-hydrogen) atoms. The lowest BCUT2D eigenvalue weighted by molar-refractivity contribution is -0.0551. The molecule has 2 aromatic carbocycles. The molecule has 0 saturated carbocycles. The van der Waals surface area contributed by atoms with Crippen LogP contribution in [0.1, 0.15) is 24.3 Å². The molecule has 0 amide bonds. The van der Waals surface area contributed by atoms with Crippen LogP contribution in [0.5, 0.6) is 0 Å². The smallest absolute Gasteiger partial charge is 0.328 e. The van der Waals surface area contributed by atoms with E-state index in [2.05, 4.69) is 40.7 Å². The molecule has 4 aromatic rings. The van der Waals surface area contributed by atoms with E-state index >= 15 is 0 Å². The number of aliphatic hydroxyl groups excluding tert-OH is 3. The van der Waals surface area contributed by atoms with Crippen molar-refractivity contribution < 1.29 is 20.1 Å². The normalized spacial score (nSPS) is 23.0. The van der Waals surface area contributed by atoms with Crippen LogP contribution in [-0.2, 0) is 17.7 Å². The van der Waals surface area contributed by atoms with E-state index in [1.807, 2.05) is 18.2 Å². The number of H-pyrrole nitrogens is 1. The van der Waals surface area contributed by atoms with Crippen molar-refractivity contribution in [2.45, 2.75) is 44.4 Å². The number of aliphatic hydroxyl groups is 3. The Labute approximate surface area is 194 Å². The maximum Gasteiger partial charge on any atom is 0.328 e. The summed E-state index contributed by atoms with van der Waals surface area (Å²) in [5.74, 6) is 0. The first kappa shape index (κ1) is 22.0. The summed E-state index contributed by atoms with van der Waals surface area (Å²) in [6, 6.07) is 14.6. The second-order valence-corrected chi connectivity index (χ2v) is 8.75. The molecule has 172 valence electrons. The highest BCUT2D eigenvalue weighted by atomic mass is 32.1. The van der Waals surface area contributed by atoms with Crippen LogP contribution in [0.25, 0.3) is 21.8 Å². The molecule has 0 bridgehead atoms. The molecule has 1 saturated heterocycles. The Morgan fingerprint density at radius 2 is 1.85 bits per heavy atom. The standard InChI is InChI=1S/C24H25N3O5S/c1-2-26-17-6-4-3-5-15(17)16-10-13(7-8-18(16)26)9-14-11-27(24(31)25-22(14)33)23-21(30)20(29)19(12-28)32-23/h3-8,10-11,19-21,23,28-30H,2,9,12H2,1H3,(H,25,31,33)/t19-,20-,21-,23-/m1/s1. The molecule has 0 radical (unpaired) electrons. The molecule has 0 unspecified atom stereocenters. The number of rotatable bonds is 5. The number of aromatic amines is 1. The second kappa shape index (κ2) is 8.51. The first-order valence-corrected chi connectivity index (χ1v) is 11.3. The Kier molecular flexibility index (Phi) is 5.67. The zero-order valence-corrected chi connectivity index (χ0v) is 18.8. The Morgan fingerprint density at radius 1 is 1.09 bits per heavy atom. The summed E-state index contributed by atoms with van der Waals surface area (Å²) >= 11 is 5.40. The van der Waals surface area contributed by atoms with E-state index in [0.29, 0.717) is 16.6 Å². The minimum Gasteiger partial charge on any atom is -0.394 e. The number of benzene rings is 2. The molecule has 8 nitrogen and oxygen atoms in total. The zero-order valence-electron chi connectivity index (χ0n) is 18.0. The quantitative estimate of drug-likeness (QED) is 0.335. The summed E-state index contributed by atoms with van der Waals surface area (Å²) < 4.78 is 9.30. The number of para-hydroxylation sites is 1. The third kappa shape index (κ3) is 3.62. The summed E-state index contributed by atoms with van der Waals surface area (Å²) in [5.41, 5.74) is 3.49. The molecule has 2 aromatic heterocycles. The number of aromatic nitrogens is 3. The van der Waals surface area contributed by atoms with Gasteiger partial charge in [0.25, 0.3) is 0 Å². The molecule has 4 N–H and O–H groups in total. The molecule has 3 heterocycles. The molecule has 0 spiro atoms. The number of fused-ring (bicyclic) bond motifs is 3. The third-order valence-corrected chi connectivity index (χ3v) is 6.74. The van der Waals surface area contributed by atoms with Crippen molar-refractivity contribution >= 4 is 34.0 Å². The van der Waals surface area contributed by atoms with Gasteiger partial charge in [0.15, 0.2) is 6.23 Å². The predicted molar refractivity (Wildman–Crippen MR) is 127 cm³/mol. The van der Waals surface area contributed by atoms with Crippen LogP contribution in [0.3, 0.4) is 0 Å². The zero-order chi connectivity index (χ0) is 23.3. The number of nitrogens with one attached hydrogen (secondary N) is 1. The van der Waals surface area contributed by atoms with Crippen LogP contribution in [0.2, 0.25) is 0 Å². The summed E-state index contributed by atoms with van der Waals surface area (Å²) in [7, 11) is 0. The summed E-state index contributed by atoms with van der Waals surface area (Å²) in [6.45, 7) is 2.52. The van der Waals surface area contributed by atoms with Gasteiger partial charge in [-0.3, -0.25) is 9.55 Å². The minimum atomic E-state index is -1.35. The van der Waals surface area contributed by atoms with Crippen molar-refractivity contribution in [1.82, 2.24) is 14.1 Å². The highest BCUT2D eigenvalue weighted by Crippen LogP contribution is 2.31. The summed E-state index contributed by atoms with van der Waals surface area (Å²) in [6.07, 6.45) is -2.72. The predicted octanol–water partition coefficient (Wildman–Crippen LogP) is 2.24. The van der Waals surface area contributed by atoms with Crippen molar-refractivity contribution in [3.8, 4) is 0 Å². The fraction of sp³-hybridized carbons (Fsp3) is 0.333. The summed E-state index contributed by atoms with van der Waals surface area (Å²) in [4.78, 5) is 15.2. The van der Waals surface area contributed by atoms with Crippen LogP contribution in [0.15, 0.2) is 53.5 Å². The SMILES string of the molecule is CCn1c2ccccc2c2cc(Cc3cn([C@@H]4O[C@H](CO)[C@@H](O)[C@H]4O)c(=O)[nH]c3=S)ccc21. The van der Waals surface area contributed by atoms with Crippen molar-refractivity contribution in [1.29, 1.82) is 0 Å². The largest absolute Gasteiger partial charge is 0.394 e. The van der Waals surface area contributed by atoms with Gasteiger partial charge in [-0.2, -0.15) is 0 Å². The van der Waals surface area contributed by atoms with Crippen LogP contribution < -0.4 is 5.69 Å². The van der Waals surface area contributed by atoms with E-state index in [1.165, 1.54) is 15.5 Å². The lowest BCUT2D eigenvalue weighted by Crippen LogP contribution is -2.36. The topological polar surface area (TPSA) is 113 Å². The molecule has 1 aliphatic rings. The van der Waals surface area contributed by atoms with Gasteiger partial charge in [0.05, 0.1) is 6.61 Å². The van der Waals surface area contributed by atoms with Gasteiger partial charge in [-0.1, -0.05) is 36.5 Å². The fourth-order valence-corrected chi connectivity index (χ4v) is 4.94. The maximum atomic E-state index is 12.5.